The smallest absolute Gasteiger partial charge is 0.307 e. The molecule has 0 saturated carbocycles. The Kier molecular flexibility index (Phi) is 6.84. The van der Waals surface area contributed by atoms with Crippen LogP contribution in [-0.2, 0) is 11.2 Å². The number of aromatic amines is 1. The Hall–Kier alpha value is -2.64. The number of nitrogens with zero attached hydrogens (tertiary/aromatic N) is 3. The lowest BCUT2D eigenvalue weighted by molar-refractivity contribution is -0.143. The third-order valence-electron chi connectivity index (χ3n) is 5.19. The first-order valence-corrected chi connectivity index (χ1v) is 9.89. The van der Waals surface area contributed by atoms with Crippen LogP contribution < -0.4 is 9.47 Å². The fourth-order valence-electron chi connectivity index (χ4n) is 3.65. The molecule has 3 rings (SSSR count). The highest BCUT2D eigenvalue weighted by Crippen LogP contribution is 2.36. The van der Waals surface area contributed by atoms with Crippen LogP contribution in [-0.4, -0.2) is 38.5 Å². The minimum absolute atomic E-state index is 0.210. The Morgan fingerprint density at radius 1 is 1.18 bits per heavy atom. The van der Waals surface area contributed by atoms with Crippen molar-refractivity contribution in [1.82, 2.24) is 20.6 Å². The molecule has 0 radical (unpaired) electrons. The third kappa shape index (κ3) is 5.21. The number of hydrogen-bond donors (Lipinski definition) is 2. The largest absolute Gasteiger partial charge is 0.481 e. The molecule has 0 unspecified atom stereocenters. The predicted molar refractivity (Wildman–Crippen MR) is 102 cm³/mol. The Labute approximate surface area is 164 Å². The summed E-state index contributed by atoms with van der Waals surface area (Å²) in [6.07, 6.45) is 5.29. The number of benzene rings is 1. The second kappa shape index (κ2) is 9.52. The summed E-state index contributed by atoms with van der Waals surface area (Å²) in [6, 6.07) is 5.69. The van der Waals surface area contributed by atoms with Gasteiger partial charge in [0, 0.05) is 5.92 Å². The van der Waals surface area contributed by atoms with Crippen molar-refractivity contribution in [3.8, 4) is 11.5 Å². The molecule has 0 bridgehead atoms. The van der Waals surface area contributed by atoms with Crippen LogP contribution in [0.3, 0.4) is 0 Å². The number of unbranched alkanes of at least 4 members (excludes halogenated alkanes) is 2. The molecule has 0 saturated heterocycles. The van der Waals surface area contributed by atoms with Gasteiger partial charge in [0.1, 0.15) is 0 Å². The number of nitrogens with one attached hydrogen (secondary N) is 1. The molecule has 1 aromatic heterocycles. The van der Waals surface area contributed by atoms with Crippen molar-refractivity contribution in [3.05, 3.63) is 29.6 Å². The summed E-state index contributed by atoms with van der Waals surface area (Å²) in [7, 11) is 0. The zero-order chi connectivity index (χ0) is 19.9. The van der Waals surface area contributed by atoms with Crippen molar-refractivity contribution in [3.63, 3.8) is 0 Å². The second-order valence-electron chi connectivity index (χ2n) is 7.74. The van der Waals surface area contributed by atoms with E-state index in [1.807, 2.05) is 18.2 Å². The van der Waals surface area contributed by atoms with Gasteiger partial charge in [-0.3, -0.25) is 4.79 Å². The average molecular weight is 388 g/mol. The fourth-order valence-corrected chi connectivity index (χ4v) is 3.65. The number of hydrogen-bond acceptors (Lipinski definition) is 6. The van der Waals surface area contributed by atoms with E-state index in [-0.39, 0.29) is 12.7 Å². The van der Waals surface area contributed by atoms with E-state index >= 15 is 0 Å². The molecular weight excluding hydrogens is 360 g/mol. The molecule has 0 amide bonds. The normalized spacial score (nSPS) is 15.0. The van der Waals surface area contributed by atoms with Crippen LogP contribution >= 0.6 is 0 Å². The van der Waals surface area contributed by atoms with Gasteiger partial charge in [-0.15, -0.1) is 10.2 Å². The van der Waals surface area contributed by atoms with Gasteiger partial charge < -0.3 is 14.6 Å². The van der Waals surface area contributed by atoms with Crippen LogP contribution in [0.25, 0.3) is 0 Å². The number of H-pyrrole nitrogens is 1. The van der Waals surface area contributed by atoms with E-state index in [9.17, 15) is 9.90 Å². The van der Waals surface area contributed by atoms with E-state index < -0.39 is 11.9 Å². The summed E-state index contributed by atoms with van der Waals surface area (Å²) >= 11 is 0. The lowest BCUT2D eigenvalue weighted by atomic mass is 9.82. The maximum absolute atomic E-state index is 12.1. The SMILES string of the molecule is CC(C)CCCCC[C@H](C(=O)O)[C@H](Cc1ccc2c(c1)OCO2)c1nn[nH]n1. The minimum Gasteiger partial charge on any atom is -0.481 e. The first-order chi connectivity index (χ1) is 13.5. The maximum Gasteiger partial charge on any atom is 0.307 e. The van der Waals surface area contributed by atoms with Gasteiger partial charge in [0.05, 0.1) is 5.92 Å². The number of carboxylic acids is 1. The number of aliphatic carboxylic acids is 1. The molecule has 8 nitrogen and oxygen atoms in total. The van der Waals surface area contributed by atoms with Crippen LogP contribution in [0.1, 0.15) is 63.3 Å². The highest BCUT2D eigenvalue weighted by atomic mass is 16.7. The molecule has 0 fully saturated rings. The molecule has 2 heterocycles. The van der Waals surface area contributed by atoms with E-state index in [2.05, 4.69) is 34.5 Å². The molecule has 152 valence electrons. The zero-order valence-electron chi connectivity index (χ0n) is 16.4. The lowest BCUT2D eigenvalue weighted by Gasteiger charge is -2.21. The molecule has 8 heteroatoms. The van der Waals surface area contributed by atoms with Crippen molar-refractivity contribution in [2.24, 2.45) is 11.8 Å². The van der Waals surface area contributed by atoms with Crippen molar-refractivity contribution < 1.29 is 19.4 Å². The highest BCUT2D eigenvalue weighted by molar-refractivity contribution is 5.71. The van der Waals surface area contributed by atoms with E-state index in [0.29, 0.717) is 36.1 Å². The first kappa shape index (κ1) is 20.1. The van der Waals surface area contributed by atoms with Gasteiger partial charge in [-0.25, -0.2) is 0 Å². The molecule has 0 aliphatic carbocycles. The molecular formula is C20H28N4O4. The van der Waals surface area contributed by atoms with Gasteiger partial charge in [0.2, 0.25) is 6.79 Å². The van der Waals surface area contributed by atoms with Crippen LogP contribution in [0, 0.1) is 11.8 Å². The summed E-state index contributed by atoms with van der Waals surface area (Å²) in [6.45, 7) is 4.62. The standard InChI is InChI=1S/C20H28N4O4/c1-13(2)6-4-3-5-7-15(20(25)26)16(19-21-23-24-22-19)10-14-8-9-17-18(11-14)28-12-27-17/h8-9,11,13,15-16H,3-7,10,12H2,1-2H3,(H,25,26)(H,21,22,23,24)/t15-,16-/m0/s1. The zero-order valence-corrected chi connectivity index (χ0v) is 16.4. The molecule has 0 spiro atoms. The number of rotatable bonds is 11. The third-order valence-corrected chi connectivity index (χ3v) is 5.19. The molecule has 28 heavy (non-hydrogen) atoms. The van der Waals surface area contributed by atoms with E-state index in [4.69, 9.17) is 9.47 Å². The van der Waals surface area contributed by atoms with Gasteiger partial charge in [-0.1, -0.05) is 50.8 Å². The number of fused-ring (bicyclic) bond motifs is 1. The monoisotopic (exact) mass is 388 g/mol. The molecule has 2 aromatic rings. The lowest BCUT2D eigenvalue weighted by Crippen LogP contribution is -2.25. The topological polar surface area (TPSA) is 110 Å². The van der Waals surface area contributed by atoms with Crippen molar-refractivity contribution >= 4 is 5.97 Å². The summed E-state index contributed by atoms with van der Waals surface area (Å²) in [5, 5.41) is 24.2. The Balaban J connectivity index is 1.71. The summed E-state index contributed by atoms with van der Waals surface area (Å²) in [5.41, 5.74) is 0.963. The van der Waals surface area contributed by atoms with Crippen molar-refractivity contribution in [2.75, 3.05) is 6.79 Å². The first-order valence-electron chi connectivity index (χ1n) is 9.89. The van der Waals surface area contributed by atoms with Gasteiger partial charge >= 0.3 is 5.97 Å². The van der Waals surface area contributed by atoms with Crippen LogP contribution in [0.15, 0.2) is 18.2 Å². The van der Waals surface area contributed by atoms with Crippen LogP contribution in [0.2, 0.25) is 0 Å². The van der Waals surface area contributed by atoms with E-state index in [0.717, 1.165) is 24.8 Å². The van der Waals surface area contributed by atoms with Crippen LogP contribution in [0.5, 0.6) is 11.5 Å². The number of ether oxygens (including phenoxy) is 2. The van der Waals surface area contributed by atoms with E-state index in [1.54, 1.807) is 0 Å². The molecule has 1 aliphatic heterocycles. The summed E-state index contributed by atoms with van der Waals surface area (Å²) < 4.78 is 10.8. The fraction of sp³-hybridized carbons (Fsp3) is 0.600. The quantitative estimate of drug-likeness (QED) is 0.566. The maximum atomic E-state index is 12.1. The summed E-state index contributed by atoms with van der Waals surface area (Å²) in [5.74, 6) is 0.758. The number of carbonyl (C=O) groups is 1. The highest BCUT2D eigenvalue weighted by Gasteiger charge is 2.32. The second-order valence-corrected chi connectivity index (χ2v) is 7.74. The number of aromatic nitrogens is 4. The number of tetrazole rings is 1. The van der Waals surface area contributed by atoms with Crippen molar-refractivity contribution in [2.45, 2.75) is 58.3 Å². The van der Waals surface area contributed by atoms with Gasteiger partial charge in [0.25, 0.3) is 0 Å². The predicted octanol–water partition coefficient (Wildman–Crippen LogP) is 3.56. The number of carboxylic acid groups (broad SMARTS) is 1. The van der Waals surface area contributed by atoms with Gasteiger partial charge in [0.15, 0.2) is 17.3 Å². The molecule has 1 aliphatic rings. The molecule has 2 N–H and O–H groups in total. The van der Waals surface area contributed by atoms with Crippen molar-refractivity contribution in [1.29, 1.82) is 0 Å². The van der Waals surface area contributed by atoms with Crippen LogP contribution in [0.4, 0.5) is 0 Å². The average Bonchev–Trinajstić information content (AvgIpc) is 3.33. The van der Waals surface area contributed by atoms with E-state index in [1.165, 1.54) is 6.42 Å². The molecule has 1 aromatic carbocycles. The summed E-state index contributed by atoms with van der Waals surface area (Å²) in [4.78, 5) is 12.1. The van der Waals surface area contributed by atoms with Gasteiger partial charge in [-0.05, 0) is 36.5 Å². The minimum atomic E-state index is -0.820. The Morgan fingerprint density at radius 2 is 1.96 bits per heavy atom. The Bertz CT molecular complexity index is 764. The molecule has 2 atom stereocenters. The Morgan fingerprint density at radius 3 is 2.68 bits per heavy atom. The van der Waals surface area contributed by atoms with Gasteiger partial charge in [-0.2, -0.15) is 5.21 Å².